The van der Waals surface area contributed by atoms with Gasteiger partial charge in [0.1, 0.15) is 12.4 Å². The average Bonchev–Trinajstić information content (AvgIpc) is 3.14. The minimum absolute atomic E-state index is 0.0122. The molecular formula is C26H23FN2O5. The first kappa shape index (κ1) is 23.0. The van der Waals surface area contributed by atoms with Gasteiger partial charge in [-0.15, -0.1) is 0 Å². The second-order valence-electron chi connectivity index (χ2n) is 8.05. The van der Waals surface area contributed by atoms with Crippen molar-refractivity contribution in [3.63, 3.8) is 0 Å². The van der Waals surface area contributed by atoms with Gasteiger partial charge in [-0.25, -0.2) is 9.18 Å². The van der Waals surface area contributed by atoms with E-state index in [1.165, 1.54) is 18.0 Å². The lowest BCUT2D eigenvalue weighted by molar-refractivity contribution is -0.137. The first-order chi connectivity index (χ1) is 16.3. The number of halogens is 1. The molecule has 1 aliphatic rings. The Balaban J connectivity index is 1.43. The predicted molar refractivity (Wildman–Crippen MR) is 124 cm³/mol. The first-order valence-corrected chi connectivity index (χ1v) is 10.7. The highest BCUT2D eigenvalue weighted by Gasteiger charge is 2.29. The van der Waals surface area contributed by atoms with E-state index < -0.39 is 23.8 Å². The number of carbonyl (C=O) groups excluding carboxylic acids is 2. The maximum atomic E-state index is 14.1. The molecule has 0 atom stereocenters. The summed E-state index contributed by atoms with van der Waals surface area (Å²) in [4.78, 5) is 36.9. The molecule has 0 saturated heterocycles. The van der Waals surface area contributed by atoms with Gasteiger partial charge in [0.2, 0.25) is 0 Å². The minimum atomic E-state index is -1.04. The van der Waals surface area contributed by atoms with Crippen molar-refractivity contribution in [3.8, 4) is 11.1 Å². The van der Waals surface area contributed by atoms with Crippen LogP contribution in [0.1, 0.15) is 33.8 Å². The number of hydrogen-bond donors (Lipinski definition) is 2. The van der Waals surface area contributed by atoms with Gasteiger partial charge in [-0.05, 0) is 40.5 Å². The van der Waals surface area contributed by atoms with Crippen LogP contribution in [-0.2, 0) is 9.53 Å². The Kier molecular flexibility index (Phi) is 6.58. The topological polar surface area (TPSA) is 95.9 Å². The molecule has 3 aromatic rings. The maximum Gasteiger partial charge on any atom is 0.411 e. The van der Waals surface area contributed by atoms with E-state index in [9.17, 15) is 18.8 Å². The number of fused-ring (bicyclic) bond motifs is 3. The van der Waals surface area contributed by atoms with Crippen molar-refractivity contribution in [2.24, 2.45) is 0 Å². The normalized spacial score (nSPS) is 11.9. The number of carbonyl (C=O) groups is 3. The molecule has 7 nitrogen and oxygen atoms in total. The van der Waals surface area contributed by atoms with Gasteiger partial charge in [-0.1, -0.05) is 48.5 Å². The monoisotopic (exact) mass is 462 g/mol. The van der Waals surface area contributed by atoms with Gasteiger partial charge < -0.3 is 14.7 Å². The van der Waals surface area contributed by atoms with Crippen LogP contribution < -0.4 is 5.32 Å². The highest BCUT2D eigenvalue weighted by molar-refractivity contribution is 5.96. The van der Waals surface area contributed by atoms with E-state index in [1.807, 2.05) is 48.5 Å². The summed E-state index contributed by atoms with van der Waals surface area (Å²) < 4.78 is 19.6. The quantitative estimate of drug-likeness (QED) is 0.529. The van der Waals surface area contributed by atoms with E-state index in [0.717, 1.165) is 34.4 Å². The summed E-state index contributed by atoms with van der Waals surface area (Å²) in [5, 5.41) is 11.3. The first-order valence-electron chi connectivity index (χ1n) is 10.7. The Labute approximate surface area is 195 Å². The molecule has 0 radical (unpaired) electrons. The van der Waals surface area contributed by atoms with Crippen LogP contribution in [0.2, 0.25) is 0 Å². The lowest BCUT2D eigenvalue weighted by atomic mass is 9.98. The number of anilines is 1. The zero-order valence-corrected chi connectivity index (χ0v) is 18.5. The van der Waals surface area contributed by atoms with Gasteiger partial charge >= 0.3 is 12.1 Å². The third-order valence-corrected chi connectivity index (χ3v) is 5.74. The summed E-state index contributed by atoms with van der Waals surface area (Å²) in [6.45, 7) is 0.0682. The van der Waals surface area contributed by atoms with Gasteiger partial charge in [0.15, 0.2) is 0 Å². The van der Waals surface area contributed by atoms with Crippen LogP contribution in [0.25, 0.3) is 11.1 Å². The number of benzene rings is 3. The number of nitrogens with one attached hydrogen (secondary N) is 1. The molecule has 34 heavy (non-hydrogen) atoms. The van der Waals surface area contributed by atoms with E-state index in [0.29, 0.717) is 0 Å². The summed E-state index contributed by atoms with van der Waals surface area (Å²) in [5.74, 6) is -2.44. The van der Waals surface area contributed by atoms with E-state index in [1.54, 1.807) is 0 Å². The van der Waals surface area contributed by atoms with Crippen molar-refractivity contribution < 1.29 is 28.6 Å². The van der Waals surface area contributed by atoms with Crippen LogP contribution in [0.3, 0.4) is 0 Å². The van der Waals surface area contributed by atoms with Gasteiger partial charge in [0.25, 0.3) is 5.91 Å². The summed E-state index contributed by atoms with van der Waals surface area (Å²) in [6, 6.07) is 19.3. The molecule has 174 valence electrons. The highest BCUT2D eigenvalue weighted by Crippen LogP contribution is 2.44. The van der Waals surface area contributed by atoms with Gasteiger partial charge in [-0.2, -0.15) is 0 Å². The summed E-state index contributed by atoms with van der Waals surface area (Å²) in [5.41, 5.74) is 4.40. The molecule has 0 fully saturated rings. The fourth-order valence-electron chi connectivity index (χ4n) is 4.12. The smallest absolute Gasteiger partial charge is 0.411 e. The summed E-state index contributed by atoms with van der Waals surface area (Å²) in [7, 11) is 1.43. The van der Waals surface area contributed by atoms with E-state index >= 15 is 0 Å². The second kappa shape index (κ2) is 9.74. The van der Waals surface area contributed by atoms with E-state index in [4.69, 9.17) is 9.84 Å². The van der Waals surface area contributed by atoms with Gasteiger partial charge in [0.05, 0.1) is 6.42 Å². The van der Waals surface area contributed by atoms with Crippen molar-refractivity contribution in [1.29, 1.82) is 0 Å². The van der Waals surface area contributed by atoms with Crippen molar-refractivity contribution in [2.75, 3.05) is 25.5 Å². The van der Waals surface area contributed by atoms with Crippen LogP contribution in [0.15, 0.2) is 66.7 Å². The standard InChI is InChI=1S/C26H23FN2O5/c1-29(11-10-24(30)31)25(32)16-12-17(27)14-18(13-16)28-26(33)34-15-23-21-8-4-2-6-19(21)20-7-3-5-9-22(20)23/h2-9,12-14,23H,10-11,15H2,1H3,(H,28,33)(H,30,31). The van der Waals surface area contributed by atoms with Crippen LogP contribution in [0.5, 0.6) is 0 Å². The third-order valence-electron chi connectivity index (χ3n) is 5.74. The molecular weight excluding hydrogens is 439 g/mol. The van der Waals surface area contributed by atoms with E-state index in [-0.39, 0.29) is 36.7 Å². The van der Waals surface area contributed by atoms with Crippen LogP contribution in [0, 0.1) is 5.82 Å². The molecule has 0 spiro atoms. The molecule has 4 rings (SSSR count). The molecule has 2 N–H and O–H groups in total. The third kappa shape index (κ3) is 4.91. The molecule has 8 heteroatoms. The Morgan fingerprint density at radius 3 is 2.24 bits per heavy atom. The largest absolute Gasteiger partial charge is 0.481 e. The lowest BCUT2D eigenvalue weighted by Crippen LogP contribution is -2.29. The van der Waals surface area contributed by atoms with Crippen LogP contribution >= 0.6 is 0 Å². The van der Waals surface area contributed by atoms with Crippen LogP contribution in [-0.4, -0.2) is 48.2 Å². The Morgan fingerprint density at radius 2 is 1.62 bits per heavy atom. The molecule has 0 unspecified atom stereocenters. The number of nitrogens with zero attached hydrogens (tertiary/aromatic N) is 1. The van der Waals surface area contributed by atoms with Crippen molar-refractivity contribution in [3.05, 3.63) is 89.2 Å². The average molecular weight is 462 g/mol. The number of hydrogen-bond acceptors (Lipinski definition) is 4. The number of aliphatic carboxylic acids is 1. The van der Waals surface area contributed by atoms with Gasteiger partial charge in [-0.3, -0.25) is 14.9 Å². The predicted octanol–water partition coefficient (Wildman–Crippen LogP) is 4.73. The number of ether oxygens (including phenoxy) is 1. The fraction of sp³-hybridized carbons (Fsp3) is 0.192. The number of carboxylic acid groups (broad SMARTS) is 1. The van der Waals surface area contributed by atoms with Crippen molar-refractivity contribution >= 4 is 23.7 Å². The summed E-state index contributed by atoms with van der Waals surface area (Å²) >= 11 is 0. The fourth-order valence-corrected chi connectivity index (χ4v) is 4.12. The molecule has 0 saturated carbocycles. The molecule has 1 aliphatic carbocycles. The van der Waals surface area contributed by atoms with E-state index in [2.05, 4.69) is 5.32 Å². The number of amides is 2. The number of carboxylic acids is 1. The van der Waals surface area contributed by atoms with Gasteiger partial charge in [0, 0.05) is 30.8 Å². The highest BCUT2D eigenvalue weighted by atomic mass is 19.1. The zero-order chi connectivity index (χ0) is 24.2. The van der Waals surface area contributed by atoms with Crippen molar-refractivity contribution in [1.82, 2.24) is 4.90 Å². The second-order valence-corrected chi connectivity index (χ2v) is 8.05. The molecule has 0 bridgehead atoms. The lowest BCUT2D eigenvalue weighted by Gasteiger charge is -2.17. The SMILES string of the molecule is CN(CCC(=O)O)C(=O)c1cc(F)cc(NC(=O)OCC2c3ccccc3-c3ccccc32)c1. The molecule has 3 aromatic carbocycles. The Morgan fingerprint density at radius 1 is 1.00 bits per heavy atom. The molecule has 0 aromatic heterocycles. The minimum Gasteiger partial charge on any atom is -0.481 e. The molecule has 0 aliphatic heterocycles. The summed E-state index contributed by atoms with van der Waals surface area (Å²) in [6.07, 6.45) is -1.01. The molecule has 0 heterocycles. The molecule has 2 amide bonds. The Bertz CT molecular complexity index is 1210. The maximum absolute atomic E-state index is 14.1. The zero-order valence-electron chi connectivity index (χ0n) is 18.5. The van der Waals surface area contributed by atoms with Crippen molar-refractivity contribution in [2.45, 2.75) is 12.3 Å². The number of rotatable bonds is 7. The van der Waals surface area contributed by atoms with Crippen LogP contribution in [0.4, 0.5) is 14.9 Å². The Hall–Kier alpha value is -4.20.